The molecule has 1 saturated heterocycles. The lowest BCUT2D eigenvalue weighted by Crippen LogP contribution is -2.49. The van der Waals surface area contributed by atoms with Gasteiger partial charge in [0, 0.05) is 51.8 Å². The van der Waals surface area contributed by atoms with Gasteiger partial charge in [0.05, 0.1) is 4.90 Å². The van der Waals surface area contributed by atoms with Crippen molar-refractivity contribution >= 4 is 21.8 Å². The number of amides is 2. The summed E-state index contributed by atoms with van der Waals surface area (Å²) in [4.78, 5) is 28.7. The van der Waals surface area contributed by atoms with Crippen LogP contribution in [0.25, 0.3) is 0 Å². The van der Waals surface area contributed by atoms with Gasteiger partial charge in [-0.15, -0.1) is 0 Å². The van der Waals surface area contributed by atoms with Crippen LogP contribution in [-0.4, -0.2) is 67.1 Å². The fourth-order valence-electron chi connectivity index (χ4n) is 4.33. The number of benzene rings is 3. The first-order valence-electron chi connectivity index (χ1n) is 12.1. The third-order valence-corrected chi connectivity index (χ3v) is 8.31. The number of carbonyl (C=O) groups excluding carboxylic acids is 2. The van der Waals surface area contributed by atoms with E-state index in [1.165, 1.54) is 23.4 Å². The Labute approximate surface area is 213 Å². The normalized spacial score (nSPS) is 14.4. The molecule has 0 aliphatic carbocycles. The Morgan fingerprint density at radius 3 is 2.03 bits per heavy atom. The van der Waals surface area contributed by atoms with E-state index in [4.69, 9.17) is 0 Å². The van der Waals surface area contributed by atoms with Crippen molar-refractivity contribution in [2.24, 2.45) is 0 Å². The molecule has 1 fully saturated rings. The van der Waals surface area contributed by atoms with E-state index in [2.05, 4.69) is 0 Å². The summed E-state index contributed by atoms with van der Waals surface area (Å²) in [5, 5.41) is 0. The van der Waals surface area contributed by atoms with Crippen molar-refractivity contribution in [3.8, 4) is 0 Å². The molecule has 0 saturated carbocycles. The largest absolute Gasteiger partial charge is 0.340 e. The van der Waals surface area contributed by atoms with Gasteiger partial charge in [0.2, 0.25) is 15.9 Å². The quantitative estimate of drug-likeness (QED) is 0.470. The molecule has 1 aliphatic heterocycles. The summed E-state index contributed by atoms with van der Waals surface area (Å²) >= 11 is 0. The van der Waals surface area contributed by atoms with Crippen LogP contribution in [0.15, 0.2) is 89.8 Å². The SMILES string of the molecule is CC(=O)N1CCN(S(=O)(=O)c2cccc(C(=O)N(CCc3ccccc3)Cc3ccccc3)c2)CC1. The molecule has 2 amide bonds. The van der Waals surface area contributed by atoms with Gasteiger partial charge in [-0.1, -0.05) is 66.7 Å². The molecule has 1 aliphatic rings. The zero-order valence-corrected chi connectivity index (χ0v) is 21.2. The minimum Gasteiger partial charge on any atom is -0.340 e. The molecule has 0 spiro atoms. The minimum atomic E-state index is -3.78. The smallest absolute Gasteiger partial charge is 0.254 e. The number of hydrogen-bond acceptors (Lipinski definition) is 4. The fourth-order valence-corrected chi connectivity index (χ4v) is 5.80. The molecule has 188 valence electrons. The van der Waals surface area contributed by atoms with Gasteiger partial charge < -0.3 is 9.80 Å². The van der Waals surface area contributed by atoms with Crippen LogP contribution in [0, 0.1) is 0 Å². The van der Waals surface area contributed by atoms with Crippen LogP contribution in [0.4, 0.5) is 0 Å². The van der Waals surface area contributed by atoms with Crippen LogP contribution >= 0.6 is 0 Å². The molecule has 0 unspecified atom stereocenters. The van der Waals surface area contributed by atoms with Crippen LogP contribution in [0.3, 0.4) is 0 Å². The van der Waals surface area contributed by atoms with E-state index in [0.717, 1.165) is 11.1 Å². The van der Waals surface area contributed by atoms with Crippen LogP contribution < -0.4 is 0 Å². The second-order valence-electron chi connectivity index (χ2n) is 8.89. The summed E-state index contributed by atoms with van der Waals surface area (Å²) in [6.45, 7) is 3.60. The van der Waals surface area contributed by atoms with Crippen molar-refractivity contribution in [3.63, 3.8) is 0 Å². The number of carbonyl (C=O) groups is 2. The van der Waals surface area contributed by atoms with Gasteiger partial charge in [-0.05, 0) is 35.7 Å². The maximum atomic E-state index is 13.6. The summed E-state index contributed by atoms with van der Waals surface area (Å²) in [5.74, 6) is -0.276. The molecule has 0 bridgehead atoms. The van der Waals surface area contributed by atoms with Crippen LogP contribution in [0.1, 0.15) is 28.4 Å². The molecule has 0 atom stereocenters. The van der Waals surface area contributed by atoms with Crippen molar-refractivity contribution in [2.45, 2.75) is 24.8 Å². The highest BCUT2D eigenvalue weighted by atomic mass is 32.2. The second kappa shape index (κ2) is 11.5. The number of sulfonamides is 1. The molecule has 0 radical (unpaired) electrons. The summed E-state index contributed by atoms with van der Waals surface area (Å²) in [6.07, 6.45) is 0.692. The van der Waals surface area contributed by atoms with E-state index in [0.29, 0.717) is 38.2 Å². The van der Waals surface area contributed by atoms with E-state index < -0.39 is 10.0 Å². The maximum absolute atomic E-state index is 13.6. The summed E-state index contributed by atoms with van der Waals surface area (Å²) < 4.78 is 28.0. The summed E-state index contributed by atoms with van der Waals surface area (Å²) in [7, 11) is -3.78. The van der Waals surface area contributed by atoms with Crippen LogP contribution in [-0.2, 0) is 27.8 Å². The Morgan fingerprint density at radius 1 is 0.806 bits per heavy atom. The third-order valence-electron chi connectivity index (χ3n) is 6.42. The predicted octanol–water partition coefficient (Wildman–Crippen LogP) is 3.42. The van der Waals surface area contributed by atoms with E-state index in [1.807, 2.05) is 60.7 Å². The van der Waals surface area contributed by atoms with E-state index >= 15 is 0 Å². The van der Waals surface area contributed by atoms with Gasteiger partial charge in [-0.25, -0.2) is 8.42 Å². The molecule has 0 N–H and O–H groups in total. The van der Waals surface area contributed by atoms with Crippen molar-refractivity contribution < 1.29 is 18.0 Å². The lowest BCUT2D eigenvalue weighted by molar-refractivity contribution is -0.129. The van der Waals surface area contributed by atoms with Crippen molar-refractivity contribution in [1.82, 2.24) is 14.1 Å². The molecule has 1 heterocycles. The lowest BCUT2D eigenvalue weighted by Gasteiger charge is -2.33. The molecular formula is C28H31N3O4S. The minimum absolute atomic E-state index is 0.0614. The molecular weight excluding hydrogens is 474 g/mol. The molecule has 3 aromatic carbocycles. The fraction of sp³-hybridized carbons (Fsp3) is 0.286. The van der Waals surface area contributed by atoms with Gasteiger partial charge in [0.1, 0.15) is 0 Å². The van der Waals surface area contributed by atoms with Crippen molar-refractivity contribution in [2.75, 3.05) is 32.7 Å². The second-order valence-corrected chi connectivity index (χ2v) is 10.8. The van der Waals surface area contributed by atoms with Gasteiger partial charge in [0.15, 0.2) is 0 Å². The zero-order valence-electron chi connectivity index (χ0n) is 20.4. The van der Waals surface area contributed by atoms with E-state index in [-0.39, 0.29) is 29.8 Å². The number of hydrogen-bond donors (Lipinski definition) is 0. The topological polar surface area (TPSA) is 78.0 Å². The Hall–Kier alpha value is -3.49. The van der Waals surface area contributed by atoms with Gasteiger partial charge >= 0.3 is 0 Å². The van der Waals surface area contributed by atoms with Crippen molar-refractivity contribution in [3.05, 3.63) is 102 Å². The third kappa shape index (κ3) is 6.19. The van der Waals surface area contributed by atoms with Crippen molar-refractivity contribution in [1.29, 1.82) is 0 Å². The molecule has 4 rings (SSSR count). The monoisotopic (exact) mass is 505 g/mol. The first-order valence-corrected chi connectivity index (χ1v) is 13.5. The van der Waals surface area contributed by atoms with Crippen LogP contribution in [0.2, 0.25) is 0 Å². The van der Waals surface area contributed by atoms with E-state index in [9.17, 15) is 18.0 Å². The molecule has 8 heteroatoms. The van der Waals surface area contributed by atoms with Gasteiger partial charge in [-0.2, -0.15) is 4.31 Å². The highest BCUT2D eigenvalue weighted by molar-refractivity contribution is 7.89. The van der Waals surface area contributed by atoms with E-state index in [1.54, 1.807) is 21.9 Å². The zero-order chi connectivity index (χ0) is 25.5. The number of piperazine rings is 1. The van der Waals surface area contributed by atoms with Gasteiger partial charge in [-0.3, -0.25) is 9.59 Å². The predicted molar refractivity (Wildman–Crippen MR) is 139 cm³/mol. The first-order chi connectivity index (χ1) is 17.3. The Kier molecular flexibility index (Phi) is 8.18. The average molecular weight is 506 g/mol. The standard InChI is InChI=1S/C28H31N3O4S/c1-23(32)29-17-19-31(20-18-29)36(34,35)27-14-8-13-26(21-27)28(33)30(22-25-11-6-3-7-12-25)16-15-24-9-4-2-5-10-24/h2-14,21H,15-20,22H2,1H3. The first kappa shape index (κ1) is 25.6. The lowest BCUT2D eigenvalue weighted by atomic mass is 10.1. The Balaban J connectivity index is 1.54. The number of nitrogens with zero attached hydrogens (tertiary/aromatic N) is 3. The highest BCUT2D eigenvalue weighted by Gasteiger charge is 2.30. The Bertz CT molecular complexity index is 1290. The van der Waals surface area contributed by atoms with Gasteiger partial charge in [0.25, 0.3) is 5.91 Å². The molecule has 36 heavy (non-hydrogen) atoms. The average Bonchev–Trinajstić information content (AvgIpc) is 2.92. The highest BCUT2D eigenvalue weighted by Crippen LogP contribution is 2.21. The Morgan fingerprint density at radius 2 is 1.42 bits per heavy atom. The molecule has 3 aromatic rings. The number of rotatable bonds is 8. The van der Waals surface area contributed by atoms with Crippen LogP contribution in [0.5, 0.6) is 0 Å². The maximum Gasteiger partial charge on any atom is 0.254 e. The summed E-state index contributed by atoms with van der Waals surface area (Å²) in [6, 6.07) is 26.0. The molecule has 0 aromatic heterocycles. The summed E-state index contributed by atoms with van der Waals surface area (Å²) in [5.41, 5.74) is 2.47. The molecule has 7 nitrogen and oxygen atoms in total.